The van der Waals surface area contributed by atoms with E-state index in [0.29, 0.717) is 23.1 Å². The average molecular weight is 501 g/mol. The predicted molar refractivity (Wildman–Crippen MR) is 142 cm³/mol. The van der Waals surface area contributed by atoms with Crippen LogP contribution in [0.25, 0.3) is 11.0 Å². The second-order valence-corrected chi connectivity index (χ2v) is 9.51. The van der Waals surface area contributed by atoms with Gasteiger partial charge in [-0.3, -0.25) is 4.79 Å². The Morgan fingerprint density at radius 1 is 1.03 bits per heavy atom. The highest BCUT2D eigenvalue weighted by Crippen LogP contribution is 2.35. The first-order valence-electron chi connectivity index (χ1n) is 12.8. The number of nitrogens with zero attached hydrogens (tertiary/aromatic N) is 5. The molecule has 0 spiro atoms. The van der Waals surface area contributed by atoms with Gasteiger partial charge in [-0.2, -0.15) is 4.98 Å². The van der Waals surface area contributed by atoms with Crippen LogP contribution in [-0.4, -0.2) is 51.6 Å². The molecule has 37 heavy (non-hydrogen) atoms. The molecule has 0 bridgehead atoms. The molecule has 1 aromatic carbocycles. The summed E-state index contributed by atoms with van der Waals surface area (Å²) >= 11 is 0. The van der Waals surface area contributed by atoms with E-state index in [4.69, 9.17) is 4.98 Å². The van der Waals surface area contributed by atoms with Crippen molar-refractivity contribution in [2.24, 2.45) is 0 Å². The number of para-hydroxylation sites is 1. The topological polar surface area (TPSA) is 100 Å². The number of aromatic nitrogens is 4. The minimum atomic E-state index is -0.471. The van der Waals surface area contributed by atoms with Crippen LogP contribution in [0.1, 0.15) is 42.2 Å². The number of benzene rings is 1. The summed E-state index contributed by atoms with van der Waals surface area (Å²) in [7, 11) is 0. The largest absolute Gasteiger partial charge is 0.368 e. The van der Waals surface area contributed by atoms with Gasteiger partial charge in [0.2, 0.25) is 5.95 Å². The Bertz CT molecular complexity index is 1410. The lowest BCUT2D eigenvalue weighted by Gasteiger charge is -2.29. The molecule has 4 aromatic rings. The van der Waals surface area contributed by atoms with Crippen LogP contribution in [0.15, 0.2) is 54.9 Å². The highest BCUT2D eigenvalue weighted by Gasteiger charge is 2.26. The summed E-state index contributed by atoms with van der Waals surface area (Å²) in [5, 5.41) is 10.0. The molecule has 3 aromatic heterocycles. The van der Waals surface area contributed by atoms with Crippen LogP contribution in [0.4, 0.5) is 27.5 Å². The zero-order valence-corrected chi connectivity index (χ0v) is 20.5. The summed E-state index contributed by atoms with van der Waals surface area (Å²) in [6, 6.07) is 12.1. The first kappa shape index (κ1) is 23.4. The van der Waals surface area contributed by atoms with Crippen LogP contribution in [0.2, 0.25) is 0 Å². The van der Waals surface area contributed by atoms with Gasteiger partial charge in [-0.25, -0.2) is 14.4 Å². The summed E-state index contributed by atoms with van der Waals surface area (Å²) in [6.45, 7) is 3.85. The lowest BCUT2D eigenvalue weighted by molar-refractivity contribution is 0.101. The third kappa shape index (κ3) is 4.84. The van der Waals surface area contributed by atoms with Gasteiger partial charge in [0.25, 0.3) is 5.91 Å². The number of piperazine rings is 1. The standard InChI is InChI=1S/C27H29FN8O/c28-21-7-3-4-8-22(21)32-26(37)23-15-18-16-31-27(34-25(18)36(23)19-5-1-2-6-19)33-24-10-9-20(17-30-24)35-13-11-29-12-14-35/h3-4,7-10,15-17,19,29H,1-2,5-6,11-14H2,(H,32,37)(H,30,31,33,34). The molecular weight excluding hydrogens is 471 g/mol. The zero-order valence-electron chi connectivity index (χ0n) is 20.5. The van der Waals surface area contributed by atoms with Gasteiger partial charge in [0.1, 0.15) is 23.0 Å². The Labute approximate surface area is 214 Å². The summed E-state index contributed by atoms with van der Waals surface area (Å²) < 4.78 is 16.2. The zero-order chi connectivity index (χ0) is 25.2. The first-order chi connectivity index (χ1) is 18.2. The Hall–Kier alpha value is -4.05. The number of hydrogen-bond acceptors (Lipinski definition) is 7. The number of anilines is 4. The van der Waals surface area contributed by atoms with E-state index in [0.717, 1.165) is 62.9 Å². The van der Waals surface area contributed by atoms with Gasteiger partial charge in [0.15, 0.2) is 0 Å². The van der Waals surface area contributed by atoms with Gasteiger partial charge in [0, 0.05) is 43.8 Å². The fourth-order valence-electron chi connectivity index (χ4n) is 5.21. The maximum Gasteiger partial charge on any atom is 0.272 e. The molecule has 10 heteroatoms. The lowest BCUT2D eigenvalue weighted by atomic mass is 10.2. The Kier molecular flexibility index (Phi) is 6.40. The Morgan fingerprint density at radius 3 is 2.59 bits per heavy atom. The molecule has 4 heterocycles. The van der Waals surface area contributed by atoms with Crippen molar-refractivity contribution in [2.45, 2.75) is 31.7 Å². The maximum atomic E-state index is 14.2. The quantitative estimate of drug-likeness (QED) is 0.359. The highest BCUT2D eigenvalue weighted by atomic mass is 19.1. The molecule has 1 amide bonds. The molecular formula is C27H29FN8O. The normalized spacial score (nSPS) is 16.3. The van der Waals surface area contributed by atoms with Crippen LogP contribution in [0, 0.1) is 5.82 Å². The van der Waals surface area contributed by atoms with Crippen LogP contribution in [-0.2, 0) is 0 Å². The van der Waals surface area contributed by atoms with Gasteiger partial charge in [-0.15, -0.1) is 0 Å². The van der Waals surface area contributed by atoms with Crippen molar-refractivity contribution >= 4 is 40.1 Å². The number of nitrogens with one attached hydrogen (secondary N) is 3. The predicted octanol–water partition coefficient (Wildman–Crippen LogP) is 4.49. The number of carbonyl (C=O) groups excluding carboxylic acids is 1. The van der Waals surface area contributed by atoms with Crippen LogP contribution in [0.3, 0.4) is 0 Å². The van der Waals surface area contributed by atoms with Gasteiger partial charge < -0.3 is 25.4 Å². The Morgan fingerprint density at radius 2 is 1.84 bits per heavy atom. The smallest absolute Gasteiger partial charge is 0.272 e. The van der Waals surface area contributed by atoms with Crippen LogP contribution >= 0.6 is 0 Å². The fraction of sp³-hybridized carbons (Fsp3) is 0.333. The van der Waals surface area contributed by atoms with Crippen molar-refractivity contribution in [2.75, 3.05) is 41.7 Å². The molecule has 190 valence electrons. The minimum absolute atomic E-state index is 0.151. The Balaban J connectivity index is 1.29. The summed E-state index contributed by atoms with van der Waals surface area (Å²) in [4.78, 5) is 29.4. The van der Waals surface area contributed by atoms with E-state index in [-0.39, 0.29) is 17.6 Å². The molecule has 2 aliphatic rings. The second kappa shape index (κ2) is 10.1. The molecule has 2 fully saturated rings. The molecule has 1 saturated carbocycles. The van der Waals surface area contributed by atoms with Crippen molar-refractivity contribution < 1.29 is 9.18 Å². The van der Waals surface area contributed by atoms with E-state index in [1.165, 1.54) is 6.07 Å². The highest BCUT2D eigenvalue weighted by molar-refractivity contribution is 6.06. The number of amides is 1. The van der Waals surface area contributed by atoms with E-state index in [9.17, 15) is 9.18 Å². The summed E-state index contributed by atoms with van der Waals surface area (Å²) in [5.41, 5.74) is 2.37. The van der Waals surface area contributed by atoms with Crippen LogP contribution in [0.5, 0.6) is 0 Å². The number of fused-ring (bicyclic) bond motifs is 1. The van der Waals surface area contributed by atoms with Gasteiger partial charge >= 0.3 is 0 Å². The molecule has 9 nitrogen and oxygen atoms in total. The fourth-order valence-corrected chi connectivity index (χ4v) is 5.21. The third-order valence-corrected chi connectivity index (χ3v) is 7.09. The van der Waals surface area contributed by atoms with Crippen molar-refractivity contribution in [3.63, 3.8) is 0 Å². The van der Waals surface area contributed by atoms with E-state index < -0.39 is 5.82 Å². The van der Waals surface area contributed by atoms with Crippen molar-refractivity contribution in [3.05, 3.63) is 66.4 Å². The average Bonchev–Trinajstić information content (AvgIpc) is 3.59. The minimum Gasteiger partial charge on any atom is -0.368 e. The number of rotatable bonds is 6. The van der Waals surface area contributed by atoms with E-state index >= 15 is 0 Å². The van der Waals surface area contributed by atoms with Crippen LogP contribution < -0.4 is 20.9 Å². The molecule has 3 N–H and O–H groups in total. The molecule has 1 aliphatic carbocycles. The second-order valence-electron chi connectivity index (χ2n) is 9.51. The molecule has 0 unspecified atom stereocenters. The van der Waals surface area contributed by atoms with Crippen molar-refractivity contribution in [1.82, 2.24) is 24.8 Å². The lowest BCUT2D eigenvalue weighted by Crippen LogP contribution is -2.43. The third-order valence-electron chi connectivity index (χ3n) is 7.09. The molecule has 0 radical (unpaired) electrons. The maximum absolute atomic E-state index is 14.2. The van der Waals surface area contributed by atoms with Crippen molar-refractivity contribution in [1.29, 1.82) is 0 Å². The van der Waals surface area contributed by atoms with E-state index in [2.05, 4.69) is 30.8 Å². The first-order valence-corrected chi connectivity index (χ1v) is 12.8. The van der Waals surface area contributed by atoms with Crippen molar-refractivity contribution in [3.8, 4) is 0 Å². The molecule has 1 saturated heterocycles. The van der Waals surface area contributed by atoms with Gasteiger partial charge in [-0.1, -0.05) is 25.0 Å². The molecule has 1 aliphatic heterocycles. The molecule has 6 rings (SSSR count). The summed E-state index contributed by atoms with van der Waals surface area (Å²) in [6.07, 6.45) is 7.69. The number of hydrogen-bond donors (Lipinski definition) is 3. The van der Waals surface area contributed by atoms with E-state index in [1.54, 1.807) is 30.5 Å². The van der Waals surface area contributed by atoms with Gasteiger partial charge in [0.05, 0.1) is 17.6 Å². The number of carbonyl (C=O) groups is 1. The summed E-state index contributed by atoms with van der Waals surface area (Å²) in [5.74, 6) is 0.221. The number of pyridine rings is 1. The molecule has 0 atom stereocenters. The van der Waals surface area contributed by atoms with E-state index in [1.807, 2.05) is 22.9 Å². The monoisotopic (exact) mass is 500 g/mol. The van der Waals surface area contributed by atoms with Gasteiger partial charge in [-0.05, 0) is 43.2 Å². The SMILES string of the molecule is O=C(Nc1ccccc1F)c1cc2cnc(Nc3ccc(N4CCNCC4)cn3)nc2n1C1CCCC1. The number of halogens is 1.